The molecule has 2 N–H and O–H groups in total. The molecule has 2 atom stereocenters. The van der Waals surface area contributed by atoms with Crippen LogP contribution >= 0.6 is 11.6 Å². The molecule has 10 heteroatoms. The molecule has 1 spiro atoms. The van der Waals surface area contributed by atoms with E-state index in [0.29, 0.717) is 6.42 Å². The summed E-state index contributed by atoms with van der Waals surface area (Å²) in [5, 5.41) is 16.2. The Morgan fingerprint density at radius 2 is 2.19 bits per heavy atom. The van der Waals surface area contributed by atoms with E-state index in [1.807, 2.05) is 6.92 Å². The van der Waals surface area contributed by atoms with Gasteiger partial charge in [0.2, 0.25) is 5.91 Å². The smallest absolute Gasteiger partial charge is 0.323 e. The molecule has 2 aliphatic rings. The summed E-state index contributed by atoms with van der Waals surface area (Å²) in [7, 11) is 0. The van der Waals surface area contributed by atoms with E-state index >= 15 is 0 Å². The number of non-ortho nitro benzene ring substituents is 1. The van der Waals surface area contributed by atoms with E-state index in [1.54, 1.807) is 0 Å². The Morgan fingerprint density at radius 1 is 1.44 bits per heavy atom. The van der Waals surface area contributed by atoms with Gasteiger partial charge in [-0.15, -0.1) is 0 Å². The third-order valence-corrected chi connectivity index (χ3v) is 5.57. The van der Waals surface area contributed by atoms with Crippen LogP contribution in [0.3, 0.4) is 0 Å². The minimum atomic E-state index is -0.946. The highest BCUT2D eigenvalue weighted by Gasteiger charge is 2.55. The molecular weight excluding hydrogens is 376 g/mol. The van der Waals surface area contributed by atoms with Gasteiger partial charge >= 0.3 is 6.03 Å². The van der Waals surface area contributed by atoms with Crippen molar-refractivity contribution in [2.45, 2.75) is 38.1 Å². The standard InChI is InChI=1S/C17H19ClN4O5/c1-10-4-2-3-7-17(10)15(24)21(16(25)20-17)9-14(23)19-13-8-11(22(26)27)5-6-12(13)18/h5-6,8,10H,2-4,7,9H2,1H3,(H,19,23)(H,20,25)/t10-,17-/m1/s1. The number of urea groups is 1. The molecule has 1 aromatic carbocycles. The lowest BCUT2D eigenvalue weighted by molar-refractivity contribution is -0.384. The van der Waals surface area contributed by atoms with Gasteiger partial charge in [-0.1, -0.05) is 31.4 Å². The second-order valence-corrected chi connectivity index (χ2v) is 7.32. The number of anilines is 1. The predicted octanol–water partition coefficient (Wildman–Crippen LogP) is 2.69. The monoisotopic (exact) mass is 394 g/mol. The van der Waals surface area contributed by atoms with Crippen LogP contribution in [0.2, 0.25) is 5.02 Å². The molecule has 1 aliphatic heterocycles. The largest absolute Gasteiger partial charge is 0.325 e. The van der Waals surface area contributed by atoms with Crippen LogP contribution in [0.25, 0.3) is 0 Å². The van der Waals surface area contributed by atoms with E-state index in [2.05, 4.69) is 10.6 Å². The molecule has 27 heavy (non-hydrogen) atoms. The number of nitro benzene ring substituents is 1. The molecule has 0 unspecified atom stereocenters. The Balaban J connectivity index is 1.73. The van der Waals surface area contributed by atoms with E-state index in [9.17, 15) is 24.5 Å². The van der Waals surface area contributed by atoms with Crippen LogP contribution in [-0.2, 0) is 9.59 Å². The first kappa shape index (κ1) is 19.1. The summed E-state index contributed by atoms with van der Waals surface area (Å²) in [5.41, 5.74) is -1.14. The van der Waals surface area contributed by atoms with E-state index in [1.165, 1.54) is 12.1 Å². The molecule has 9 nitrogen and oxygen atoms in total. The Bertz CT molecular complexity index is 830. The average molecular weight is 395 g/mol. The summed E-state index contributed by atoms with van der Waals surface area (Å²) in [6.07, 6.45) is 3.21. The van der Waals surface area contributed by atoms with E-state index in [0.717, 1.165) is 30.2 Å². The maximum Gasteiger partial charge on any atom is 0.325 e. The average Bonchev–Trinajstić information content (AvgIpc) is 2.84. The molecule has 0 aromatic heterocycles. The van der Waals surface area contributed by atoms with Crippen molar-refractivity contribution in [1.82, 2.24) is 10.2 Å². The van der Waals surface area contributed by atoms with Gasteiger partial charge in [0.15, 0.2) is 0 Å². The number of carbonyl (C=O) groups excluding carboxylic acids is 3. The van der Waals surface area contributed by atoms with Crippen molar-refractivity contribution in [3.63, 3.8) is 0 Å². The minimum Gasteiger partial charge on any atom is -0.323 e. The highest BCUT2D eigenvalue weighted by atomic mass is 35.5. The zero-order chi connectivity index (χ0) is 19.8. The van der Waals surface area contributed by atoms with Crippen LogP contribution in [-0.4, -0.2) is 39.8 Å². The fourth-order valence-electron chi connectivity index (χ4n) is 3.69. The zero-order valence-corrected chi connectivity index (χ0v) is 15.4. The van der Waals surface area contributed by atoms with Gasteiger partial charge in [-0.2, -0.15) is 0 Å². The van der Waals surface area contributed by atoms with Crippen LogP contribution in [0, 0.1) is 16.0 Å². The van der Waals surface area contributed by atoms with Crippen LogP contribution in [0.5, 0.6) is 0 Å². The first-order valence-corrected chi connectivity index (χ1v) is 9.00. The van der Waals surface area contributed by atoms with Crippen molar-refractivity contribution >= 4 is 40.8 Å². The Morgan fingerprint density at radius 3 is 2.85 bits per heavy atom. The number of nitro groups is 1. The summed E-state index contributed by atoms with van der Waals surface area (Å²) in [5.74, 6) is -1.08. The molecule has 3 rings (SSSR count). The number of hydrogen-bond donors (Lipinski definition) is 2. The quantitative estimate of drug-likeness (QED) is 0.462. The number of rotatable bonds is 4. The third-order valence-electron chi connectivity index (χ3n) is 5.24. The number of benzene rings is 1. The number of halogens is 1. The molecule has 1 saturated carbocycles. The fourth-order valence-corrected chi connectivity index (χ4v) is 3.86. The minimum absolute atomic E-state index is 0.0121. The summed E-state index contributed by atoms with van der Waals surface area (Å²) < 4.78 is 0. The van der Waals surface area contributed by atoms with Crippen molar-refractivity contribution in [2.24, 2.45) is 5.92 Å². The maximum atomic E-state index is 12.8. The topological polar surface area (TPSA) is 122 Å². The number of carbonyl (C=O) groups is 3. The second-order valence-electron chi connectivity index (χ2n) is 6.91. The van der Waals surface area contributed by atoms with E-state index in [-0.39, 0.29) is 22.3 Å². The molecule has 144 valence electrons. The van der Waals surface area contributed by atoms with Gasteiger partial charge < -0.3 is 10.6 Å². The van der Waals surface area contributed by atoms with Crippen LogP contribution < -0.4 is 10.6 Å². The summed E-state index contributed by atoms with van der Waals surface area (Å²) in [6.45, 7) is 1.43. The van der Waals surface area contributed by atoms with Crippen LogP contribution in [0.15, 0.2) is 18.2 Å². The third kappa shape index (κ3) is 3.46. The van der Waals surface area contributed by atoms with Crippen molar-refractivity contribution in [3.05, 3.63) is 33.3 Å². The number of nitrogens with one attached hydrogen (secondary N) is 2. The number of hydrogen-bond acceptors (Lipinski definition) is 5. The highest BCUT2D eigenvalue weighted by molar-refractivity contribution is 6.33. The molecule has 1 saturated heterocycles. The van der Waals surface area contributed by atoms with Gasteiger partial charge in [-0.3, -0.25) is 24.6 Å². The van der Waals surface area contributed by atoms with Gasteiger partial charge in [0, 0.05) is 12.1 Å². The van der Waals surface area contributed by atoms with Gasteiger partial charge in [0.1, 0.15) is 12.1 Å². The Kier molecular flexibility index (Phi) is 5.05. The van der Waals surface area contributed by atoms with Gasteiger partial charge in [-0.25, -0.2) is 4.79 Å². The molecule has 1 heterocycles. The van der Waals surface area contributed by atoms with Crippen molar-refractivity contribution in [2.75, 3.05) is 11.9 Å². The summed E-state index contributed by atoms with van der Waals surface area (Å²) in [6, 6.07) is 3.02. The molecular formula is C17H19ClN4O5. The number of nitrogens with zero attached hydrogens (tertiary/aromatic N) is 2. The lowest BCUT2D eigenvalue weighted by atomic mass is 9.73. The summed E-state index contributed by atoms with van der Waals surface area (Å²) in [4.78, 5) is 48.6. The van der Waals surface area contributed by atoms with Crippen molar-refractivity contribution < 1.29 is 19.3 Å². The van der Waals surface area contributed by atoms with Gasteiger partial charge in [0.05, 0.1) is 15.6 Å². The maximum absolute atomic E-state index is 12.8. The van der Waals surface area contributed by atoms with Gasteiger partial charge in [-0.05, 0) is 24.8 Å². The SMILES string of the molecule is C[C@@H]1CCCC[C@@]12NC(=O)N(CC(=O)Nc1cc([N+](=O)[O-])ccc1Cl)C2=O. The lowest BCUT2D eigenvalue weighted by Gasteiger charge is -2.36. The van der Waals surface area contributed by atoms with E-state index < -0.39 is 34.9 Å². The Hall–Kier alpha value is -2.68. The first-order valence-electron chi connectivity index (χ1n) is 8.62. The fraction of sp³-hybridized carbons (Fsp3) is 0.471. The molecule has 2 fully saturated rings. The zero-order valence-electron chi connectivity index (χ0n) is 14.7. The predicted molar refractivity (Wildman–Crippen MR) is 97.3 cm³/mol. The molecule has 0 radical (unpaired) electrons. The highest BCUT2D eigenvalue weighted by Crippen LogP contribution is 2.38. The lowest BCUT2D eigenvalue weighted by Crippen LogP contribution is -2.54. The van der Waals surface area contributed by atoms with Gasteiger partial charge in [0.25, 0.3) is 11.6 Å². The molecule has 1 aliphatic carbocycles. The van der Waals surface area contributed by atoms with Crippen LogP contribution in [0.4, 0.5) is 16.2 Å². The molecule has 1 aromatic rings. The first-order chi connectivity index (χ1) is 12.7. The van der Waals surface area contributed by atoms with Crippen molar-refractivity contribution in [3.8, 4) is 0 Å². The second kappa shape index (κ2) is 7.15. The van der Waals surface area contributed by atoms with Crippen LogP contribution in [0.1, 0.15) is 32.6 Å². The number of imide groups is 1. The molecule has 4 amide bonds. The molecule has 0 bridgehead atoms. The number of amides is 4. The summed E-state index contributed by atoms with van der Waals surface area (Å²) >= 11 is 5.96. The Labute approximate surface area is 160 Å². The normalized spacial score (nSPS) is 24.8. The van der Waals surface area contributed by atoms with E-state index in [4.69, 9.17) is 11.6 Å². The van der Waals surface area contributed by atoms with Crippen molar-refractivity contribution in [1.29, 1.82) is 0 Å².